The number of benzene rings is 1. The summed E-state index contributed by atoms with van der Waals surface area (Å²) >= 11 is 0. The van der Waals surface area contributed by atoms with Crippen molar-refractivity contribution in [3.8, 4) is 22.8 Å². The van der Waals surface area contributed by atoms with Gasteiger partial charge in [0, 0.05) is 11.6 Å². The third kappa shape index (κ3) is 3.50. The highest BCUT2D eigenvalue weighted by Gasteiger charge is 2.18. The number of hydrogen-bond acceptors (Lipinski definition) is 5. The van der Waals surface area contributed by atoms with Crippen LogP contribution in [0.1, 0.15) is 17.4 Å². The normalized spacial score (nSPS) is 10.5. The number of rotatable bonds is 5. The van der Waals surface area contributed by atoms with Crippen LogP contribution in [-0.4, -0.2) is 34.5 Å². The Labute approximate surface area is 143 Å². The minimum absolute atomic E-state index is 0.136. The lowest BCUT2D eigenvalue weighted by Crippen LogP contribution is -2.07. The summed E-state index contributed by atoms with van der Waals surface area (Å²) in [5.74, 6) is -0.468. The summed E-state index contributed by atoms with van der Waals surface area (Å²) in [5, 5.41) is 4.30. The second-order valence-electron chi connectivity index (χ2n) is 5.12. The van der Waals surface area contributed by atoms with E-state index >= 15 is 0 Å². The van der Waals surface area contributed by atoms with Crippen LogP contribution in [0.15, 0.2) is 48.7 Å². The minimum atomic E-state index is -0.541. The number of ether oxygens (including phenoxy) is 2. The molecule has 0 bridgehead atoms. The number of pyridine rings is 1. The average Bonchev–Trinajstić information content (AvgIpc) is 3.07. The first kappa shape index (κ1) is 16.6. The number of aromatic nitrogens is 3. The molecular weight excluding hydrogens is 325 g/mol. The lowest BCUT2D eigenvalue weighted by Gasteiger charge is -2.08. The molecule has 0 aliphatic rings. The van der Waals surface area contributed by atoms with E-state index in [0.717, 1.165) is 0 Å². The van der Waals surface area contributed by atoms with Crippen LogP contribution in [0.4, 0.5) is 4.39 Å². The van der Waals surface area contributed by atoms with E-state index in [2.05, 4.69) is 10.1 Å². The van der Waals surface area contributed by atoms with E-state index in [-0.39, 0.29) is 18.1 Å². The van der Waals surface area contributed by atoms with E-state index in [9.17, 15) is 9.18 Å². The molecule has 25 heavy (non-hydrogen) atoms. The zero-order chi connectivity index (χ0) is 17.8. The van der Waals surface area contributed by atoms with Gasteiger partial charge >= 0.3 is 5.97 Å². The number of carbonyl (C=O) groups excluding carboxylic acids is 1. The fraction of sp³-hybridized carbons (Fsp3) is 0.167. The second-order valence-corrected chi connectivity index (χ2v) is 5.12. The van der Waals surface area contributed by atoms with Crippen LogP contribution in [0.2, 0.25) is 0 Å². The predicted molar refractivity (Wildman–Crippen MR) is 89.3 cm³/mol. The molecule has 0 fully saturated rings. The maximum atomic E-state index is 13.6. The Bertz CT molecular complexity index is 891. The molecule has 0 amide bonds. The van der Waals surface area contributed by atoms with Crippen molar-refractivity contribution in [2.24, 2.45) is 0 Å². The van der Waals surface area contributed by atoms with Crippen molar-refractivity contribution in [1.29, 1.82) is 0 Å². The summed E-state index contributed by atoms with van der Waals surface area (Å²) in [7, 11) is 1.52. The monoisotopic (exact) mass is 341 g/mol. The lowest BCUT2D eigenvalue weighted by atomic mass is 10.1. The summed E-state index contributed by atoms with van der Waals surface area (Å²) in [4.78, 5) is 16.2. The maximum Gasteiger partial charge on any atom is 0.358 e. The fourth-order valence-corrected chi connectivity index (χ4v) is 2.35. The standard InChI is InChI=1S/C18H16FN3O3/c1-3-25-18(23)15-10-16(12-5-4-6-13(19)9-12)22(21-15)14-7-8-17(24-2)20-11-14/h4-11H,3H2,1-2H3. The van der Waals surface area contributed by atoms with Crippen LogP contribution in [0.5, 0.6) is 5.88 Å². The largest absolute Gasteiger partial charge is 0.481 e. The van der Waals surface area contributed by atoms with Gasteiger partial charge in [0.15, 0.2) is 5.69 Å². The van der Waals surface area contributed by atoms with Gasteiger partial charge in [-0.1, -0.05) is 12.1 Å². The van der Waals surface area contributed by atoms with Gasteiger partial charge in [-0.05, 0) is 31.2 Å². The first-order valence-corrected chi connectivity index (χ1v) is 7.66. The third-order valence-electron chi connectivity index (χ3n) is 3.49. The molecule has 0 aliphatic heterocycles. The van der Waals surface area contributed by atoms with Gasteiger partial charge in [0.25, 0.3) is 0 Å². The van der Waals surface area contributed by atoms with Gasteiger partial charge in [-0.25, -0.2) is 18.9 Å². The summed E-state index contributed by atoms with van der Waals surface area (Å²) in [5.41, 5.74) is 1.88. The van der Waals surface area contributed by atoms with Gasteiger partial charge in [0.2, 0.25) is 5.88 Å². The highest BCUT2D eigenvalue weighted by molar-refractivity contribution is 5.89. The number of nitrogens with zero attached hydrogens (tertiary/aromatic N) is 3. The third-order valence-corrected chi connectivity index (χ3v) is 3.49. The van der Waals surface area contributed by atoms with Crippen molar-refractivity contribution in [3.63, 3.8) is 0 Å². The van der Waals surface area contributed by atoms with Crippen molar-refractivity contribution in [3.05, 3.63) is 60.2 Å². The number of halogens is 1. The van der Waals surface area contributed by atoms with Crippen LogP contribution in [0, 0.1) is 5.82 Å². The van der Waals surface area contributed by atoms with Gasteiger partial charge < -0.3 is 9.47 Å². The molecule has 0 saturated carbocycles. The Morgan fingerprint density at radius 3 is 2.72 bits per heavy atom. The molecule has 3 rings (SSSR count). The van der Waals surface area contributed by atoms with Crippen molar-refractivity contribution in [1.82, 2.24) is 14.8 Å². The second kappa shape index (κ2) is 7.12. The predicted octanol–water partition coefficient (Wildman–Crippen LogP) is 3.26. The highest BCUT2D eigenvalue weighted by Crippen LogP contribution is 2.25. The zero-order valence-electron chi connectivity index (χ0n) is 13.8. The summed E-state index contributed by atoms with van der Waals surface area (Å²) in [6, 6.07) is 11.1. The number of esters is 1. The Morgan fingerprint density at radius 2 is 2.08 bits per heavy atom. The SMILES string of the molecule is CCOC(=O)c1cc(-c2cccc(F)c2)n(-c2ccc(OC)nc2)n1. The topological polar surface area (TPSA) is 66.2 Å². The van der Waals surface area contributed by atoms with E-state index in [4.69, 9.17) is 9.47 Å². The van der Waals surface area contributed by atoms with Crippen LogP contribution in [-0.2, 0) is 4.74 Å². The van der Waals surface area contributed by atoms with Gasteiger partial charge in [-0.3, -0.25) is 0 Å². The van der Waals surface area contributed by atoms with Gasteiger partial charge in [0.1, 0.15) is 5.82 Å². The molecular formula is C18H16FN3O3. The lowest BCUT2D eigenvalue weighted by molar-refractivity contribution is 0.0519. The maximum absolute atomic E-state index is 13.6. The molecule has 128 valence electrons. The van der Waals surface area contributed by atoms with Gasteiger partial charge in [-0.15, -0.1) is 0 Å². The first-order chi connectivity index (χ1) is 12.1. The molecule has 0 aliphatic carbocycles. The minimum Gasteiger partial charge on any atom is -0.481 e. The molecule has 0 atom stereocenters. The molecule has 2 aromatic heterocycles. The quantitative estimate of drug-likeness (QED) is 0.667. The molecule has 0 unspecified atom stereocenters. The van der Waals surface area contributed by atoms with E-state index in [0.29, 0.717) is 22.8 Å². The summed E-state index contributed by atoms with van der Waals surface area (Å²) < 4.78 is 25.2. The summed E-state index contributed by atoms with van der Waals surface area (Å²) in [6.07, 6.45) is 1.56. The van der Waals surface area contributed by atoms with Crippen molar-refractivity contribution in [2.45, 2.75) is 6.92 Å². The van der Waals surface area contributed by atoms with Crippen LogP contribution in [0.25, 0.3) is 16.9 Å². The van der Waals surface area contributed by atoms with Gasteiger partial charge in [0.05, 0.1) is 31.3 Å². The molecule has 0 radical (unpaired) electrons. The molecule has 0 N–H and O–H groups in total. The van der Waals surface area contributed by atoms with Crippen molar-refractivity contribution >= 4 is 5.97 Å². The fourth-order valence-electron chi connectivity index (χ4n) is 2.35. The van der Waals surface area contributed by atoms with Crippen molar-refractivity contribution in [2.75, 3.05) is 13.7 Å². The van der Waals surface area contributed by atoms with E-state index in [1.165, 1.54) is 23.9 Å². The van der Waals surface area contributed by atoms with E-state index in [1.807, 2.05) is 0 Å². The number of hydrogen-bond donors (Lipinski definition) is 0. The average molecular weight is 341 g/mol. The number of carbonyl (C=O) groups is 1. The summed E-state index contributed by atoms with van der Waals surface area (Å²) in [6.45, 7) is 1.96. The molecule has 0 spiro atoms. The Balaban J connectivity index is 2.12. The Kier molecular flexibility index (Phi) is 4.74. The first-order valence-electron chi connectivity index (χ1n) is 7.66. The molecule has 2 heterocycles. The Hall–Kier alpha value is -3.22. The number of methoxy groups -OCH3 is 1. The van der Waals surface area contributed by atoms with Crippen LogP contribution in [0.3, 0.4) is 0 Å². The van der Waals surface area contributed by atoms with Crippen LogP contribution < -0.4 is 4.74 Å². The molecule has 6 nitrogen and oxygen atoms in total. The van der Waals surface area contributed by atoms with E-state index in [1.54, 1.807) is 43.5 Å². The van der Waals surface area contributed by atoms with Gasteiger partial charge in [-0.2, -0.15) is 5.10 Å². The molecule has 1 aromatic carbocycles. The van der Waals surface area contributed by atoms with Crippen molar-refractivity contribution < 1.29 is 18.7 Å². The smallest absolute Gasteiger partial charge is 0.358 e. The van der Waals surface area contributed by atoms with Crippen LogP contribution >= 0.6 is 0 Å². The molecule has 0 saturated heterocycles. The zero-order valence-corrected chi connectivity index (χ0v) is 13.8. The molecule has 7 heteroatoms. The van der Waals surface area contributed by atoms with E-state index < -0.39 is 5.97 Å². The molecule has 3 aromatic rings. The Morgan fingerprint density at radius 1 is 1.24 bits per heavy atom. The highest BCUT2D eigenvalue weighted by atomic mass is 19.1.